The molecule has 0 aliphatic heterocycles. The fourth-order valence-electron chi connectivity index (χ4n) is 3.58. The minimum Gasteiger partial charge on any atom is -0.465 e. The maximum absolute atomic E-state index is 13.7. The lowest BCUT2D eigenvalue weighted by Gasteiger charge is -2.23. The smallest absolute Gasteiger partial charge is 0.322 e. The highest BCUT2D eigenvalue weighted by atomic mass is 32.2. The largest absolute Gasteiger partial charge is 0.465 e. The van der Waals surface area contributed by atoms with Crippen molar-refractivity contribution in [2.45, 2.75) is 44.5 Å². The Morgan fingerprint density at radius 1 is 1.16 bits per heavy atom. The van der Waals surface area contributed by atoms with Crippen LogP contribution in [0.15, 0.2) is 52.4 Å². The number of carbonyl (C=O) groups is 1. The molecule has 7 heteroatoms. The van der Waals surface area contributed by atoms with Crippen molar-refractivity contribution in [2.24, 2.45) is 0 Å². The number of nitrogens with zero attached hydrogens (tertiary/aromatic N) is 2. The second kappa shape index (κ2) is 7.89. The molecule has 0 atom stereocenters. The molecule has 31 heavy (non-hydrogen) atoms. The molecule has 2 heterocycles. The van der Waals surface area contributed by atoms with Crippen LogP contribution in [0.2, 0.25) is 0 Å². The Labute approximate surface area is 184 Å². The van der Waals surface area contributed by atoms with Crippen LogP contribution in [0.1, 0.15) is 31.9 Å². The molecule has 4 aromatic rings. The number of aromatic nitrogens is 3. The van der Waals surface area contributed by atoms with Crippen LogP contribution in [0.5, 0.6) is 0 Å². The molecule has 0 amide bonds. The number of H-pyrrole nitrogens is 1. The Morgan fingerprint density at radius 2 is 1.90 bits per heavy atom. The predicted octanol–water partition coefficient (Wildman–Crippen LogP) is 4.92. The molecule has 0 saturated heterocycles. The Bertz CT molecular complexity index is 1370. The zero-order valence-electron chi connectivity index (χ0n) is 18.3. The van der Waals surface area contributed by atoms with E-state index < -0.39 is 4.75 Å². The number of nitrogens with one attached hydrogen (secondary N) is 1. The minimum absolute atomic E-state index is 0.197. The van der Waals surface area contributed by atoms with Gasteiger partial charge in [-0.3, -0.25) is 14.2 Å². The van der Waals surface area contributed by atoms with Gasteiger partial charge in [0.2, 0.25) is 0 Å². The van der Waals surface area contributed by atoms with Crippen molar-refractivity contribution in [3.05, 3.63) is 63.9 Å². The van der Waals surface area contributed by atoms with E-state index in [0.29, 0.717) is 22.8 Å². The van der Waals surface area contributed by atoms with Gasteiger partial charge in [-0.05, 0) is 57.9 Å². The highest BCUT2D eigenvalue weighted by Crippen LogP contribution is 2.35. The van der Waals surface area contributed by atoms with Crippen LogP contribution >= 0.6 is 11.8 Å². The lowest BCUT2D eigenvalue weighted by Crippen LogP contribution is -2.32. The fraction of sp³-hybridized carbons (Fsp3) is 0.292. The van der Waals surface area contributed by atoms with E-state index in [1.54, 1.807) is 25.3 Å². The summed E-state index contributed by atoms with van der Waals surface area (Å²) in [5.41, 5.74) is 4.50. The fourth-order valence-corrected chi connectivity index (χ4v) is 4.58. The first-order valence-corrected chi connectivity index (χ1v) is 11.0. The first-order chi connectivity index (χ1) is 14.7. The molecule has 0 unspecified atom stereocenters. The third-order valence-electron chi connectivity index (χ3n) is 5.42. The van der Waals surface area contributed by atoms with E-state index in [2.05, 4.69) is 4.98 Å². The lowest BCUT2D eigenvalue weighted by atomic mass is 10.1. The number of carbonyl (C=O) groups excluding carboxylic acids is 1. The van der Waals surface area contributed by atoms with E-state index in [1.807, 2.05) is 56.3 Å². The summed E-state index contributed by atoms with van der Waals surface area (Å²) in [6.07, 6.45) is 0. The van der Waals surface area contributed by atoms with Gasteiger partial charge < -0.3 is 9.72 Å². The highest BCUT2D eigenvalue weighted by molar-refractivity contribution is 8.01. The molecule has 160 valence electrons. The third-order valence-corrected chi connectivity index (χ3v) is 6.56. The van der Waals surface area contributed by atoms with Gasteiger partial charge >= 0.3 is 5.97 Å². The lowest BCUT2D eigenvalue weighted by molar-refractivity contribution is -0.145. The van der Waals surface area contributed by atoms with Crippen molar-refractivity contribution >= 4 is 39.7 Å². The zero-order valence-corrected chi connectivity index (χ0v) is 19.1. The highest BCUT2D eigenvalue weighted by Gasteiger charge is 2.33. The molecular formula is C24H25N3O3S. The predicted molar refractivity (Wildman–Crippen MR) is 125 cm³/mol. The van der Waals surface area contributed by atoms with E-state index in [0.717, 1.165) is 27.7 Å². The molecule has 2 aromatic carbocycles. The maximum atomic E-state index is 13.7. The monoisotopic (exact) mass is 435 g/mol. The second-order valence-electron chi connectivity index (χ2n) is 7.98. The number of para-hydroxylation sites is 1. The number of aromatic amines is 1. The standard InChI is InChI=1S/C24H25N3O3S/c1-6-30-22(29)24(4,5)31-23-26-19-16-11-7-8-12-17(16)25-20(19)21(28)27(23)18-13-9-10-14(2)15(18)3/h7-13,25H,6H2,1-5H3. The number of hydrogen-bond acceptors (Lipinski definition) is 5. The topological polar surface area (TPSA) is 77.0 Å². The molecule has 4 rings (SSSR count). The summed E-state index contributed by atoms with van der Waals surface area (Å²) in [6, 6.07) is 13.5. The normalized spacial score (nSPS) is 11.9. The van der Waals surface area contributed by atoms with Gasteiger partial charge in [0.15, 0.2) is 5.16 Å². The van der Waals surface area contributed by atoms with Gasteiger partial charge in [0.25, 0.3) is 5.56 Å². The van der Waals surface area contributed by atoms with E-state index in [4.69, 9.17) is 9.72 Å². The third kappa shape index (κ3) is 3.63. The van der Waals surface area contributed by atoms with Gasteiger partial charge in [0.1, 0.15) is 15.8 Å². The average molecular weight is 436 g/mol. The Morgan fingerprint density at radius 3 is 2.65 bits per heavy atom. The van der Waals surface area contributed by atoms with Crippen LogP contribution in [0.4, 0.5) is 0 Å². The number of rotatable bonds is 5. The van der Waals surface area contributed by atoms with Crippen molar-refractivity contribution in [3.8, 4) is 5.69 Å². The van der Waals surface area contributed by atoms with Crippen molar-refractivity contribution in [1.82, 2.24) is 14.5 Å². The van der Waals surface area contributed by atoms with Crippen LogP contribution in [-0.4, -0.2) is 31.9 Å². The van der Waals surface area contributed by atoms with Crippen LogP contribution in [0.25, 0.3) is 27.6 Å². The molecule has 2 aromatic heterocycles. The molecule has 0 aliphatic rings. The van der Waals surface area contributed by atoms with Gasteiger partial charge in [0, 0.05) is 10.9 Å². The van der Waals surface area contributed by atoms with E-state index in [1.165, 1.54) is 11.8 Å². The van der Waals surface area contributed by atoms with Crippen LogP contribution in [0.3, 0.4) is 0 Å². The summed E-state index contributed by atoms with van der Waals surface area (Å²) in [5.74, 6) is -0.346. The summed E-state index contributed by atoms with van der Waals surface area (Å²) >= 11 is 1.23. The van der Waals surface area contributed by atoms with Gasteiger partial charge in [0.05, 0.1) is 12.3 Å². The molecule has 6 nitrogen and oxygen atoms in total. The molecule has 0 aliphatic carbocycles. The molecule has 0 bridgehead atoms. The first-order valence-electron chi connectivity index (χ1n) is 10.2. The van der Waals surface area contributed by atoms with E-state index >= 15 is 0 Å². The van der Waals surface area contributed by atoms with Crippen molar-refractivity contribution in [1.29, 1.82) is 0 Å². The number of thioether (sulfide) groups is 1. The molecule has 0 spiro atoms. The minimum atomic E-state index is -0.922. The molecule has 0 radical (unpaired) electrons. The number of esters is 1. The number of ether oxygens (including phenoxy) is 1. The molecule has 0 saturated carbocycles. The zero-order chi connectivity index (χ0) is 22.3. The summed E-state index contributed by atoms with van der Waals surface area (Å²) in [5, 5.41) is 1.33. The maximum Gasteiger partial charge on any atom is 0.322 e. The van der Waals surface area contributed by atoms with Crippen molar-refractivity contribution < 1.29 is 9.53 Å². The Hall–Kier alpha value is -3.06. The quantitative estimate of drug-likeness (QED) is 0.274. The molecular weight excluding hydrogens is 410 g/mol. The van der Waals surface area contributed by atoms with Crippen LogP contribution < -0.4 is 5.56 Å². The second-order valence-corrected chi connectivity index (χ2v) is 9.57. The van der Waals surface area contributed by atoms with Gasteiger partial charge in [-0.25, -0.2) is 4.98 Å². The number of fused-ring (bicyclic) bond motifs is 3. The summed E-state index contributed by atoms with van der Waals surface area (Å²) in [4.78, 5) is 34.4. The van der Waals surface area contributed by atoms with Crippen molar-refractivity contribution in [3.63, 3.8) is 0 Å². The molecule has 0 fully saturated rings. The van der Waals surface area contributed by atoms with E-state index in [-0.39, 0.29) is 11.5 Å². The summed E-state index contributed by atoms with van der Waals surface area (Å²) in [7, 11) is 0. The van der Waals surface area contributed by atoms with Crippen LogP contribution in [0, 0.1) is 13.8 Å². The SMILES string of the molecule is CCOC(=O)C(C)(C)Sc1nc2c([nH]c3ccccc32)c(=O)n1-c1cccc(C)c1C. The molecule has 1 N–H and O–H groups in total. The summed E-state index contributed by atoms with van der Waals surface area (Å²) < 4.78 is 5.94. The average Bonchev–Trinajstić information content (AvgIpc) is 3.10. The van der Waals surface area contributed by atoms with Crippen LogP contribution in [-0.2, 0) is 9.53 Å². The summed E-state index contributed by atoms with van der Waals surface area (Å²) in [6.45, 7) is 9.64. The Kier molecular flexibility index (Phi) is 5.39. The van der Waals surface area contributed by atoms with Crippen molar-refractivity contribution in [2.75, 3.05) is 6.61 Å². The number of benzene rings is 2. The van der Waals surface area contributed by atoms with Gasteiger partial charge in [-0.1, -0.05) is 42.1 Å². The number of hydrogen-bond donors (Lipinski definition) is 1. The Balaban J connectivity index is 2.04. The number of aryl methyl sites for hydroxylation is 1. The first kappa shape index (κ1) is 21.2. The van der Waals surface area contributed by atoms with E-state index in [9.17, 15) is 9.59 Å². The van der Waals surface area contributed by atoms with Gasteiger partial charge in [-0.2, -0.15) is 0 Å². The van der Waals surface area contributed by atoms with Gasteiger partial charge in [-0.15, -0.1) is 0 Å².